The van der Waals surface area contributed by atoms with Gasteiger partial charge in [0.2, 0.25) is 0 Å². The predicted molar refractivity (Wildman–Crippen MR) is 82.5 cm³/mol. The molecule has 2 atom stereocenters. The van der Waals surface area contributed by atoms with E-state index in [4.69, 9.17) is 4.74 Å². The highest BCUT2D eigenvalue weighted by Gasteiger charge is 2.56. The molecule has 1 aromatic carbocycles. The number of carbonyl (C=O) groups is 2. The highest BCUT2D eigenvalue weighted by molar-refractivity contribution is 5.98. The molecule has 1 aromatic rings. The Morgan fingerprint density at radius 1 is 1.36 bits per heavy atom. The van der Waals surface area contributed by atoms with Gasteiger partial charge in [-0.2, -0.15) is 0 Å². The van der Waals surface area contributed by atoms with Gasteiger partial charge in [0.25, 0.3) is 5.91 Å². The molecular weight excluding hydrogens is 282 g/mol. The van der Waals surface area contributed by atoms with Crippen LogP contribution in [0.2, 0.25) is 0 Å². The summed E-state index contributed by atoms with van der Waals surface area (Å²) < 4.78 is 5.98. The molecule has 0 aliphatic carbocycles. The second-order valence-corrected chi connectivity index (χ2v) is 6.63. The second-order valence-electron chi connectivity index (χ2n) is 6.63. The lowest BCUT2D eigenvalue weighted by Gasteiger charge is -2.49. The molecule has 0 aromatic heterocycles. The fourth-order valence-electron chi connectivity index (χ4n) is 3.16. The molecule has 0 radical (unpaired) electrons. The maximum absolute atomic E-state index is 13.0. The van der Waals surface area contributed by atoms with Gasteiger partial charge in [-0.05, 0) is 12.0 Å². The summed E-state index contributed by atoms with van der Waals surface area (Å²) >= 11 is 0. The van der Waals surface area contributed by atoms with E-state index in [2.05, 4.69) is 0 Å². The molecule has 1 heterocycles. The van der Waals surface area contributed by atoms with Crippen LogP contribution < -0.4 is 0 Å². The molecule has 1 aliphatic rings. The summed E-state index contributed by atoms with van der Waals surface area (Å²) in [6.07, 6.45) is -0.801. The highest BCUT2D eigenvalue weighted by Crippen LogP contribution is 2.44. The summed E-state index contributed by atoms with van der Waals surface area (Å²) in [5, 5.41) is 9.58. The van der Waals surface area contributed by atoms with Crippen LogP contribution >= 0.6 is 0 Å². The Kier molecular flexibility index (Phi) is 4.29. The van der Waals surface area contributed by atoms with Gasteiger partial charge in [-0.15, -0.1) is 0 Å². The van der Waals surface area contributed by atoms with Crippen LogP contribution in [0.4, 0.5) is 4.79 Å². The van der Waals surface area contributed by atoms with Crippen molar-refractivity contribution >= 4 is 12.0 Å². The average molecular weight is 305 g/mol. The molecule has 5 heteroatoms. The Bertz CT molecular complexity index is 564. The zero-order valence-corrected chi connectivity index (χ0v) is 13.5. The van der Waals surface area contributed by atoms with E-state index in [1.165, 1.54) is 0 Å². The number of rotatable bonds is 2. The Balaban J connectivity index is 2.46. The third kappa shape index (κ3) is 2.50. The lowest BCUT2D eigenvalue weighted by Crippen LogP contribution is -2.64. The molecule has 0 bridgehead atoms. The molecule has 2 amide bonds. The number of carboxylic acid groups (broad SMARTS) is 1. The van der Waals surface area contributed by atoms with Crippen LogP contribution in [0.15, 0.2) is 30.3 Å². The molecule has 1 fully saturated rings. The summed E-state index contributed by atoms with van der Waals surface area (Å²) in [4.78, 5) is 25.6. The van der Waals surface area contributed by atoms with Crippen LogP contribution in [0.5, 0.6) is 0 Å². The van der Waals surface area contributed by atoms with Gasteiger partial charge in [-0.25, -0.2) is 9.69 Å². The number of carbonyl (C=O) groups excluding carboxylic acids is 1. The van der Waals surface area contributed by atoms with E-state index in [-0.39, 0.29) is 6.61 Å². The quantitative estimate of drug-likeness (QED) is 0.908. The number of hydrogen-bond acceptors (Lipinski definition) is 3. The largest absolute Gasteiger partial charge is 0.465 e. The van der Waals surface area contributed by atoms with E-state index >= 15 is 0 Å². The third-order valence-corrected chi connectivity index (χ3v) is 4.46. The lowest BCUT2D eigenvalue weighted by molar-refractivity contribution is -0.197. The van der Waals surface area contributed by atoms with Gasteiger partial charge in [0.15, 0.2) is 5.60 Å². The van der Waals surface area contributed by atoms with Crippen molar-refractivity contribution in [1.82, 2.24) is 4.90 Å². The highest BCUT2D eigenvalue weighted by atomic mass is 16.5. The van der Waals surface area contributed by atoms with Crippen molar-refractivity contribution in [2.45, 2.75) is 45.8 Å². The van der Waals surface area contributed by atoms with Crippen molar-refractivity contribution in [2.75, 3.05) is 6.61 Å². The fourth-order valence-corrected chi connectivity index (χ4v) is 3.16. The molecule has 0 saturated carbocycles. The van der Waals surface area contributed by atoms with Crippen molar-refractivity contribution in [3.05, 3.63) is 35.9 Å². The van der Waals surface area contributed by atoms with E-state index in [0.717, 1.165) is 10.5 Å². The monoisotopic (exact) mass is 305 g/mol. The van der Waals surface area contributed by atoms with Gasteiger partial charge in [0, 0.05) is 5.41 Å². The lowest BCUT2D eigenvalue weighted by atomic mass is 9.72. The second kappa shape index (κ2) is 5.72. The van der Waals surface area contributed by atoms with Gasteiger partial charge < -0.3 is 9.84 Å². The maximum atomic E-state index is 13.0. The van der Waals surface area contributed by atoms with E-state index < -0.39 is 29.1 Å². The van der Waals surface area contributed by atoms with Crippen LogP contribution in [-0.4, -0.2) is 34.2 Å². The van der Waals surface area contributed by atoms with Crippen molar-refractivity contribution in [1.29, 1.82) is 0 Å². The molecule has 2 rings (SSSR count). The molecule has 1 aliphatic heterocycles. The molecule has 0 spiro atoms. The minimum atomic E-state index is -1.23. The van der Waals surface area contributed by atoms with E-state index in [0.29, 0.717) is 6.42 Å². The summed E-state index contributed by atoms with van der Waals surface area (Å²) in [5.41, 5.74) is -0.845. The Morgan fingerprint density at radius 3 is 2.41 bits per heavy atom. The van der Waals surface area contributed by atoms with Crippen LogP contribution in [-0.2, 0) is 9.53 Å². The maximum Gasteiger partial charge on any atom is 0.414 e. The molecular formula is C17H23NO4. The van der Waals surface area contributed by atoms with E-state index in [9.17, 15) is 14.7 Å². The van der Waals surface area contributed by atoms with Crippen molar-refractivity contribution < 1.29 is 19.4 Å². The first-order valence-electron chi connectivity index (χ1n) is 7.50. The number of nitrogens with zero attached hydrogens (tertiary/aromatic N) is 1. The fraction of sp³-hybridized carbons (Fsp3) is 0.529. The SMILES string of the molecule is CC[C@]1(C(C)(C)C)OC[C@@H](c2ccccc2)N(C(=O)O)C1=O. The first-order valence-corrected chi connectivity index (χ1v) is 7.50. The van der Waals surface area contributed by atoms with Crippen LogP contribution in [0.3, 0.4) is 0 Å². The Labute approximate surface area is 130 Å². The summed E-state index contributed by atoms with van der Waals surface area (Å²) in [5.74, 6) is -0.477. The zero-order chi connectivity index (χ0) is 16.5. The molecule has 0 unspecified atom stereocenters. The van der Waals surface area contributed by atoms with Gasteiger partial charge in [-0.3, -0.25) is 4.79 Å². The van der Waals surface area contributed by atoms with E-state index in [1.807, 2.05) is 58.0 Å². The van der Waals surface area contributed by atoms with E-state index in [1.54, 1.807) is 0 Å². The number of morpholine rings is 1. The Hall–Kier alpha value is -1.88. The van der Waals surface area contributed by atoms with Crippen LogP contribution in [0, 0.1) is 5.41 Å². The molecule has 1 saturated heterocycles. The van der Waals surface area contributed by atoms with Gasteiger partial charge >= 0.3 is 6.09 Å². The predicted octanol–water partition coefficient (Wildman–Crippen LogP) is 3.46. The Morgan fingerprint density at radius 2 is 1.95 bits per heavy atom. The smallest absolute Gasteiger partial charge is 0.414 e. The number of ether oxygens (including phenoxy) is 1. The van der Waals surface area contributed by atoms with Gasteiger partial charge in [0.05, 0.1) is 12.6 Å². The first-order chi connectivity index (χ1) is 10.2. The normalized spacial score (nSPS) is 26.1. The minimum absolute atomic E-state index is 0.174. The van der Waals surface area contributed by atoms with Gasteiger partial charge in [0.1, 0.15) is 0 Å². The number of imide groups is 1. The topological polar surface area (TPSA) is 66.8 Å². The summed E-state index contributed by atoms with van der Waals surface area (Å²) in [7, 11) is 0. The first kappa shape index (κ1) is 16.5. The molecule has 5 nitrogen and oxygen atoms in total. The minimum Gasteiger partial charge on any atom is -0.465 e. The third-order valence-electron chi connectivity index (χ3n) is 4.46. The van der Waals surface area contributed by atoms with Gasteiger partial charge in [-0.1, -0.05) is 58.0 Å². The summed E-state index contributed by atoms with van der Waals surface area (Å²) in [6.45, 7) is 7.73. The molecule has 1 N–H and O–H groups in total. The standard InChI is InChI=1S/C17H23NO4/c1-5-17(16(2,3)4)14(19)18(15(20)21)13(11-22-17)12-9-7-6-8-10-12/h6-10,13H,5,11H2,1-4H3,(H,20,21)/t13-,17-/m0/s1. The summed E-state index contributed by atoms with van der Waals surface area (Å²) in [6, 6.07) is 8.52. The molecule has 120 valence electrons. The van der Waals surface area contributed by atoms with Crippen molar-refractivity contribution in [3.63, 3.8) is 0 Å². The average Bonchev–Trinajstić information content (AvgIpc) is 2.46. The van der Waals surface area contributed by atoms with Crippen molar-refractivity contribution in [2.24, 2.45) is 5.41 Å². The van der Waals surface area contributed by atoms with Crippen molar-refractivity contribution in [3.8, 4) is 0 Å². The molecule has 22 heavy (non-hydrogen) atoms. The van der Waals surface area contributed by atoms with Crippen LogP contribution in [0.25, 0.3) is 0 Å². The number of benzene rings is 1. The number of amides is 2. The number of hydrogen-bond donors (Lipinski definition) is 1. The van der Waals surface area contributed by atoms with Crippen LogP contribution in [0.1, 0.15) is 45.7 Å². The zero-order valence-electron chi connectivity index (χ0n) is 13.5.